The predicted octanol–water partition coefficient (Wildman–Crippen LogP) is 5.61. The summed E-state index contributed by atoms with van der Waals surface area (Å²) in [6, 6.07) is 21.5. The summed E-state index contributed by atoms with van der Waals surface area (Å²) in [4.78, 5) is 5.37. The lowest BCUT2D eigenvalue weighted by Crippen LogP contribution is -2.01. The summed E-state index contributed by atoms with van der Waals surface area (Å²) in [6.45, 7) is 2.75. The zero-order valence-electron chi connectivity index (χ0n) is 16.8. The summed E-state index contributed by atoms with van der Waals surface area (Å²) in [7, 11) is 1.61. The molecule has 5 nitrogen and oxygen atoms in total. The summed E-state index contributed by atoms with van der Waals surface area (Å²) >= 11 is 2.22. The number of oxime groups is 1. The molecule has 0 saturated heterocycles. The summed E-state index contributed by atoms with van der Waals surface area (Å²) in [5.41, 5.74) is 4.50. The van der Waals surface area contributed by atoms with Crippen LogP contribution in [0.3, 0.4) is 0 Å². The standard InChI is InChI=1S/C24H21IN2O3/c1-17-6-5-7-18(10-17)15-29-24-22(25)11-19(12-23(24)28-2)14-27-30-16-21-9-4-3-8-20(21)13-26/h3-12,14H,15-16H2,1-2H3/b27-14-. The first-order valence-corrected chi connectivity index (χ1v) is 10.4. The van der Waals surface area contributed by atoms with Gasteiger partial charge in [-0.15, -0.1) is 0 Å². The van der Waals surface area contributed by atoms with E-state index in [1.807, 2.05) is 42.5 Å². The van der Waals surface area contributed by atoms with E-state index >= 15 is 0 Å². The van der Waals surface area contributed by atoms with Crippen molar-refractivity contribution in [2.24, 2.45) is 5.16 Å². The van der Waals surface area contributed by atoms with Crippen molar-refractivity contribution < 1.29 is 14.3 Å². The fourth-order valence-corrected chi connectivity index (χ4v) is 3.65. The van der Waals surface area contributed by atoms with Crippen molar-refractivity contribution in [3.05, 3.63) is 92.1 Å². The maximum atomic E-state index is 9.13. The molecule has 0 unspecified atom stereocenters. The minimum absolute atomic E-state index is 0.228. The Hall–Kier alpha value is -3.05. The van der Waals surface area contributed by atoms with E-state index in [9.17, 15) is 0 Å². The van der Waals surface area contributed by atoms with Crippen LogP contribution < -0.4 is 9.47 Å². The molecule has 0 aliphatic carbocycles. The van der Waals surface area contributed by atoms with Gasteiger partial charge in [-0.25, -0.2) is 0 Å². The van der Waals surface area contributed by atoms with E-state index in [0.717, 1.165) is 20.3 Å². The lowest BCUT2D eigenvalue weighted by molar-refractivity contribution is 0.132. The molecule has 0 saturated carbocycles. The normalized spacial score (nSPS) is 10.6. The van der Waals surface area contributed by atoms with Gasteiger partial charge in [-0.1, -0.05) is 53.2 Å². The third kappa shape index (κ3) is 5.74. The molecule has 0 aliphatic rings. The molecule has 3 aromatic rings. The molecule has 0 fully saturated rings. The molecule has 0 N–H and O–H groups in total. The number of ether oxygens (including phenoxy) is 2. The van der Waals surface area contributed by atoms with Crippen LogP contribution in [0.25, 0.3) is 0 Å². The first kappa shape index (κ1) is 21.7. The van der Waals surface area contributed by atoms with Gasteiger partial charge >= 0.3 is 0 Å². The Morgan fingerprint density at radius 1 is 1.07 bits per heavy atom. The molecule has 0 bridgehead atoms. The number of benzene rings is 3. The highest BCUT2D eigenvalue weighted by molar-refractivity contribution is 14.1. The van der Waals surface area contributed by atoms with Crippen molar-refractivity contribution in [1.29, 1.82) is 5.26 Å². The summed E-state index contributed by atoms with van der Waals surface area (Å²) in [5, 5.41) is 13.2. The number of methoxy groups -OCH3 is 1. The van der Waals surface area contributed by atoms with Gasteiger partial charge in [0.15, 0.2) is 11.5 Å². The Morgan fingerprint density at radius 3 is 2.67 bits per heavy atom. The van der Waals surface area contributed by atoms with E-state index in [2.05, 4.69) is 52.9 Å². The van der Waals surface area contributed by atoms with Gasteiger partial charge in [0, 0.05) is 11.1 Å². The van der Waals surface area contributed by atoms with Gasteiger partial charge in [0.25, 0.3) is 0 Å². The lowest BCUT2D eigenvalue weighted by Gasteiger charge is -2.14. The zero-order chi connectivity index (χ0) is 21.3. The van der Waals surface area contributed by atoms with E-state index in [4.69, 9.17) is 19.6 Å². The second-order valence-corrected chi connectivity index (χ2v) is 7.75. The van der Waals surface area contributed by atoms with Crippen LogP contribution in [0.2, 0.25) is 0 Å². The Kier molecular flexibility index (Phi) is 7.69. The van der Waals surface area contributed by atoms with Crippen LogP contribution in [-0.2, 0) is 18.1 Å². The predicted molar refractivity (Wildman–Crippen MR) is 125 cm³/mol. The van der Waals surface area contributed by atoms with Gasteiger partial charge < -0.3 is 14.3 Å². The highest BCUT2D eigenvalue weighted by Gasteiger charge is 2.12. The third-order valence-electron chi connectivity index (χ3n) is 4.35. The maximum Gasteiger partial charge on any atom is 0.174 e. The number of rotatable bonds is 8. The zero-order valence-corrected chi connectivity index (χ0v) is 18.9. The van der Waals surface area contributed by atoms with Gasteiger partial charge in [0.2, 0.25) is 0 Å². The van der Waals surface area contributed by atoms with E-state index in [1.165, 1.54) is 5.56 Å². The van der Waals surface area contributed by atoms with E-state index in [0.29, 0.717) is 23.7 Å². The molecule has 0 spiro atoms. The second-order valence-electron chi connectivity index (χ2n) is 6.59. The number of hydrogen-bond donors (Lipinski definition) is 0. The van der Waals surface area contributed by atoms with Crippen molar-refractivity contribution in [2.45, 2.75) is 20.1 Å². The highest BCUT2D eigenvalue weighted by atomic mass is 127. The molecule has 0 amide bonds. The average Bonchev–Trinajstić information content (AvgIpc) is 2.76. The van der Waals surface area contributed by atoms with Crippen LogP contribution in [0.15, 0.2) is 65.8 Å². The summed E-state index contributed by atoms with van der Waals surface area (Å²) < 4.78 is 12.5. The minimum Gasteiger partial charge on any atom is -0.493 e. The molecule has 30 heavy (non-hydrogen) atoms. The van der Waals surface area contributed by atoms with Gasteiger partial charge in [0.1, 0.15) is 13.2 Å². The van der Waals surface area contributed by atoms with Gasteiger partial charge in [0.05, 0.1) is 28.5 Å². The average molecular weight is 512 g/mol. The largest absolute Gasteiger partial charge is 0.493 e. The fourth-order valence-electron chi connectivity index (χ4n) is 2.87. The van der Waals surface area contributed by atoms with Crippen LogP contribution >= 0.6 is 22.6 Å². The maximum absolute atomic E-state index is 9.13. The lowest BCUT2D eigenvalue weighted by atomic mass is 10.1. The molecular weight excluding hydrogens is 491 g/mol. The van der Waals surface area contributed by atoms with Gasteiger partial charge in [-0.3, -0.25) is 0 Å². The molecule has 152 valence electrons. The first-order valence-electron chi connectivity index (χ1n) is 9.30. The van der Waals surface area contributed by atoms with E-state index in [-0.39, 0.29) is 6.61 Å². The van der Waals surface area contributed by atoms with Crippen LogP contribution in [0.5, 0.6) is 11.5 Å². The molecular formula is C24H21IN2O3. The first-order chi connectivity index (χ1) is 14.6. The highest BCUT2D eigenvalue weighted by Crippen LogP contribution is 2.34. The van der Waals surface area contributed by atoms with Crippen molar-refractivity contribution in [3.63, 3.8) is 0 Å². The number of halogens is 1. The van der Waals surface area contributed by atoms with Crippen molar-refractivity contribution in [3.8, 4) is 17.6 Å². The SMILES string of the molecule is COc1cc(/C=N\OCc2ccccc2C#N)cc(I)c1OCc1cccc(C)c1. The Labute approximate surface area is 190 Å². The monoisotopic (exact) mass is 512 g/mol. The molecule has 6 heteroatoms. The van der Waals surface area contributed by atoms with Crippen molar-refractivity contribution >= 4 is 28.8 Å². The van der Waals surface area contributed by atoms with Crippen LogP contribution in [0.4, 0.5) is 0 Å². The third-order valence-corrected chi connectivity index (χ3v) is 5.15. The number of aryl methyl sites for hydroxylation is 1. The molecule has 0 radical (unpaired) electrons. The molecule has 0 atom stereocenters. The number of hydrogen-bond acceptors (Lipinski definition) is 5. The van der Waals surface area contributed by atoms with Crippen molar-refractivity contribution in [1.82, 2.24) is 0 Å². The molecule has 3 aromatic carbocycles. The van der Waals surface area contributed by atoms with Gasteiger partial charge in [-0.05, 0) is 53.3 Å². The van der Waals surface area contributed by atoms with Crippen LogP contribution in [-0.4, -0.2) is 13.3 Å². The molecule has 0 aliphatic heterocycles. The molecule has 0 heterocycles. The summed E-state index contributed by atoms with van der Waals surface area (Å²) in [6.07, 6.45) is 1.62. The van der Waals surface area contributed by atoms with Crippen LogP contribution in [0.1, 0.15) is 27.8 Å². The van der Waals surface area contributed by atoms with E-state index < -0.39 is 0 Å². The Morgan fingerprint density at radius 2 is 1.90 bits per heavy atom. The fraction of sp³-hybridized carbons (Fsp3) is 0.167. The number of nitrogens with zero attached hydrogens (tertiary/aromatic N) is 2. The van der Waals surface area contributed by atoms with Crippen LogP contribution in [0, 0.1) is 21.8 Å². The quantitative estimate of drug-likeness (QED) is 0.224. The Balaban J connectivity index is 1.67. The van der Waals surface area contributed by atoms with E-state index in [1.54, 1.807) is 19.4 Å². The molecule has 3 rings (SSSR count). The molecule has 0 aromatic heterocycles. The van der Waals surface area contributed by atoms with Gasteiger partial charge in [-0.2, -0.15) is 5.26 Å². The second kappa shape index (κ2) is 10.6. The minimum atomic E-state index is 0.228. The summed E-state index contributed by atoms with van der Waals surface area (Å²) in [5.74, 6) is 1.33. The topological polar surface area (TPSA) is 63.8 Å². The number of nitriles is 1. The smallest absolute Gasteiger partial charge is 0.174 e. The van der Waals surface area contributed by atoms with Crippen molar-refractivity contribution in [2.75, 3.05) is 7.11 Å². The Bertz CT molecular complexity index is 1090.